The molecule has 0 aliphatic heterocycles. The molecular weight excluding hydrogens is 340 g/mol. The van der Waals surface area contributed by atoms with E-state index in [0.717, 1.165) is 17.5 Å². The van der Waals surface area contributed by atoms with Crippen LogP contribution in [0.1, 0.15) is 18.1 Å². The van der Waals surface area contributed by atoms with Gasteiger partial charge in [0.1, 0.15) is 0 Å². The van der Waals surface area contributed by atoms with Crippen molar-refractivity contribution in [2.75, 3.05) is 20.3 Å². The van der Waals surface area contributed by atoms with Gasteiger partial charge in [-0.1, -0.05) is 36.4 Å². The van der Waals surface area contributed by atoms with Crippen LogP contribution in [-0.2, 0) is 11.2 Å². The Kier molecular flexibility index (Phi) is 6.15. The number of methoxy groups -OCH3 is 1. The summed E-state index contributed by atoms with van der Waals surface area (Å²) in [6.07, 6.45) is 6.68. The molecule has 5 heteroatoms. The Balaban J connectivity index is 1.50. The number of H-pyrrole nitrogens is 1. The highest BCUT2D eigenvalue weighted by Crippen LogP contribution is 2.28. The monoisotopic (exact) mass is 364 g/mol. The quantitative estimate of drug-likeness (QED) is 0.636. The smallest absolute Gasteiger partial charge is 0.257 e. The van der Waals surface area contributed by atoms with Crippen LogP contribution in [0.2, 0.25) is 0 Å². The van der Waals surface area contributed by atoms with E-state index in [4.69, 9.17) is 9.47 Å². The van der Waals surface area contributed by atoms with Gasteiger partial charge in [-0.05, 0) is 42.7 Å². The van der Waals surface area contributed by atoms with E-state index in [1.54, 1.807) is 7.11 Å². The van der Waals surface area contributed by atoms with E-state index in [0.29, 0.717) is 18.0 Å². The summed E-state index contributed by atoms with van der Waals surface area (Å²) >= 11 is 0. The van der Waals surface area contributed by atoms with Crippen molar-refractivity contribution >= 4 is 22.9 Å². The summed E-state index contributed by atoms with van der Waals surface area (Å²) in [6, 6.07) is 13.8. The molecule has 0 fully saturated rings. The maximum atomic E-state index is 12.1. The summed E-state index contributed by atoms with van der Waals surface area (Å²) < 4.78 is 11.0. The maximum absolute atomic E-state index is 12.1. The normalized spacial score (nSPS) is 11.0. The highest BCUT2D eigenvalue weighted by atomic mass is 16.5. The Hall–Kier alpha value is -3.21. The van der Waals surface area contributed by atoms with Gasteiger partial charge in [-0.25, -0.2) is 0 Å². The SMILES string of the molecule is C/C=C/c1ccc(OCC(=O)NCCc2c[nH]c3ccccc23)c(OC)c1. The molecule has 1 heterocycles. The van der Waals surface area contributed by atoms with Crippen molar-refractivity contribution < 1.29 is 14.3 Å². The number of hydrogen-bond acceptors (Lipinski definition) is 3. The van der Waals surface area contributed by atoms with Gasteiger partial charge in [0.05, 0.1) is 7.11 Å². The van der Waals surface area contributed by atoms with Crippen molar-refractivity contribution in [2.24, 2.45) is 0 Å². The van der Waals surface area contributed by atoms with E-state index in [-0.39, 0.29) is 12.5 Å². The summed E-state index contributed by atoms with van der Waals surface area (Å²) in [5.74, 6) is 1.00. The van der Waals surface area contributed by atoms with Crippen molar-refractivity contribution in [1.29, 1.82) is 0 Å². The molecular formula is C22H24N2O3. The molecule has 0 spiro atoms. The van der Waals surface area contributed by atoms with Crippen LogP contribution in [-0.4, -0.2) is 31.2 Å². The molecule has 0 aliphatic rings. The first-order valence-corrected chi connectivity index (χ1v) is 8.96. The predicted octanol–water partition coefficient (Wildman–Crippen LogP) is 3.95. The average molecular weight is 364 g/mol. The number of allylic oxidation sites excluding steroid dienone is 1. The number of nitrogens with one attached hydrogen (secondary N) is 2. The number of benzene rings is 2. The number of amides is 1. The first kappa shape index (κ1) is 18.6. The second kappa shape index (κ2) is 8.94. The largest absolute Gasteiger partial charge is 0.493 e. The van der Waals surface area contributed by atoms with Crippen LogP contribution in [0.15, 0.2) is 54.7 Å². The van der Waals surface area contributed by atoms with Gasteiger partial charge in [-0.2, -0.15) is 0 Å². The van der Waals surface area contributed by atoms with E-state index in [2.05, 4.69) is 16.4 Å². The first-order valence-electron chi connectivity index (χ1n) is 8.96. The fourth-order valence-corrected chi connectivity index (χ4v) is 2.97. The van der Waals surface area contributed by atoms with Gasteiger partial charge in [-0.15, -0.1) is 0 Å². The molecule has 3 rings (SSSR count). The van der Waals surface area contributed by atoms with Crippen LogP contribution < -0.4 is 14.8 Å². The second-order valence-corrected chi connectivity index (χ2v) is 6.16. The zero-order chi connectivity index (χ0) is 19.1. The van der Waals surface area contributed by atoms with Crippen molar-refractivity contribution in [3.05, 3.63) is 65.9 Å². The Morgan fingerprint density at radius 2 is 2.04 bits per heavy atom. The molecule has 0 unspecified atom stereocenters. The number of aromatic amines is 1. The van der Waals surface area contributed by atoms with Gasteiger partial charge in [0.25, 0.3) is 5.91 Å². The van der Waals surface area contributed by atoms with Crippen LogP contribution in [0.5, 0.6) is 11.5 Å². The van der Waals surface area contributed by atoms with Gasteiger partial charge in [0.2, 0.25) is 0 Å². The molecule has 3 aromatic rings. The minimum Gasteiger partial charge on any atom is -0.493 e. The third-order valence-corrected chi connectivity index (χ3v) is 4.30. The molecule has 2 aromatic carbocycles. The summed E-state index contributed by atoms with van der Waals surface area (Å²) in [4.78, 5) is 15.3. The van der Waals surface area contributed by atoms with Crippen molar-refractivity contribution in [3.8, 4) is 11.5 Å². The van der Waals surface area contributed by atoms with E-state index in [1.807, 2.05) is 61.7 Å². The minimum absolute atomic E-state index is 0.0484. The van der Waals surface area contributed by atoms with E-state index >= 15 is 0 Å². The lowest BCUT2D eigenvalue weighted by molar-refractivity contribution is -0.123. The predicted molar refractivity (Wildman–Crippen MR) is 108 cm³/mol. The number of carbonyl (C=O) groups excluding carboxylic acids is 1. The highest BCUT2D eigenvalue weighted by molar-refractivity contribution is 5.83. The van der Waals surface area contributed by atoms with Crippen LogP contribution in [0.25, 0.3) is 17.0 Å². The number of fused-ring (bicyclic) bond motifs is 1. The maximum Gasteiger partial charge on any atom is 0.257 e. The third-order valence-electron chi connectivity index (χ3n) is 4.30. The number of carbonyl (C=O) groups is 1. The zero-order valence-corrected chi connectivity index (χ0v) is 15.6. The Morgan fingerprint density at radius 1 is 1.19 bits per heavy atom. The highest BCUT2D eigenvalue weighted by Gasteiger charge is 2.09. The fourth-order valence-electron chi connectivity index (χ4n) is 2.97. The molecule has 0 saturated carbocycles. The van der Waals surface area contributed by atoms with E-state index in [1.165, 1.54) is 10.9 Å². The molecule has 140 valence electrons. The Morgan fingerprint density at radius 3 is 2.85 bits per heavy atom. The number of hydrogen-bond donors (Lipinski definition) is 2. The second-order valence-electron chi connectivity index (χ2n) is 6.16. The number of aromatic nitrogens is 1. The third kappa shape index (κ3) is 4.70. The molecule has 0 bridgehead atoms. The van der Waals surface area contributed by atoms with Gasteiger partial charge in [-0.3, -0.25) is 4.79 Å². The summed E-state index contributed by atoms with van der Waals surface area (Å²) in [5.41, 5.74) is 3.31. The summed E-state index contributed by atoms with van der Waals surface area (Å²) in [7, 11) is 1.59. The lowest BCUT2D eigenvalue weighted by atomic mass is 10.1. The van der Waals surface area contributed by atoms with E-state index in [9.17, 15) is 4.79 Å². The molecule has 0 atom stereocenters. The first-order chi connectivity index (χ1) is 13.2. The number of para-hydroxylation sites is 1. The minimum atomic E-state index is -0.158. The zero-order valence-electron chi connectivity index (χ0n) is 15.6. The van der Waals surface area contributed by atoms with Gasteiger partial charge >= 0.3 is 0 Å². The molecule has 0 aliphatic carbocycles. The Bertz CT molecular complexity index is 944. The number of ether oxygens (including phenoxy) is 2. The Labute approximate surface area is 159 Å². The number of rotatable bonds is 8. The van der Waals surface area contributed by atoms with Crippen molar-refractivity contribution in [1.82, 2.24) is 10.3 Å². The molecule has 1 aromatic heterocycles. The van der Waals surface area contributed by atoms with Crippen LogP contribution >= 0.6 is 0 Å². The molecule has 0 saturated heterocycles. The van der Waals surface area contributed by atoms with Crippen LogP contribution in [0, 0.1) is 0 Å². The van der Waals surface area contributed by atoms with E-state index < -0.39 is 0 Å². The topological polar surface area (TPSA) is 63.3 Å². The van der Waals surface area contributed by atoms with Crippen molar-refractivity contribution in [3.63, 3.8) is 0 Å². The van der Waals surface area contributed by atoms with Crippen LogP contribution in [0.4, 0.5) is 0 Å². The molecule has 27 heavy (non-hydrogen) atoms. The molecule has 2 N–H and O–H groups in total. The molecule has 0 radical (unpaired) electrons. The standard InChI is InChI=1S/C22H24N2O3/c1-3-6-16-9-10-20(21(13-16)26-2)27-15-22(25)23-12-11-17-14-24-19-8-5-4-7-18(17)19/h3-10,13-14,24H,11-12,15H2,1-2H3,(H,23,25)/b6-3+. The summed E-state index contributed by atoms with van der Waals surface area (Å²) in [5, 5.41) is 4.08. The lowest BCUT2D eigenvalue weighted by Crippen LogP contribution is -2.30. The molecule has 1 amide bonds. The summed E-state index contributed by atoms with van der Waals surface area (Å²) in [6.45, 7) is 2.46. The molecule has 5 nitrogen and oxygen atoms in total. The van der Waals surface area contributed by atoms with Crippen molar-refractivity contribution in [2.45, 2.75) is 13.3 Å². The van der Waals surface area contributed by atoms with Crippen LogP contribution in [0.3, 0.4) is 0 Å². The average Bonchev–Trinajstić information content (AvgIpc) is 3.10. The fraction of sp³-hybridized carbons (Fsp3) is 0.227. The lowest BCUT2D eigenvalue weighted by Gasteiger charge is -2.11. The van der Waals surface area contributed by atoms with Gasteiger partial charge < -0.3 is 19.8 Å². The van der Waals surface area contributed by atoms with Gasteiger partial charge in [0, 0.05) is 23.6 Å². The van der Waals surface area contributed by atoms with Gasteiger partial charge in [0.15, 0.2) is 18.1 Å².